The average molecular weight is 319 g/mol. The predicted molar refractivity (Wildman–Crippen MR) is 83.4 cm³/mol. The number of carbonyl (C=O) groups excluding carboxylic acids is 1. The molecule has 0 saturated carbocycles. The molecule has 0 atom stereocenters. The lowest BCUT2D eigenvalue weighted by molar-refractivity contribution is 0.0270. The summed E-state index contributed by atoms with van der Waals surface area (Å²) in [6, 6.07) is 0. The standard InChI is InChI=1S/C13H18N2O3.C3H3NO/c1-13(2,3)18-12(16)15-7-4-10(5-8-15)11-14-6-9-17-11;1-2-5-3-4-1/h4,6,9H,5,7-8H2,1-3H3;1-3H. The SMILES string of the molecule is CC(C)(C)OC(=O)N1CC=C(c2ncco2)CC1.c1cocn1. The molecule has 0 bridgehead atoms. The third-order valence-electron chi connectivity index (χ3n) is 2.92. The van der Waals surface area contributed by atoms with E-state index >= 15 is 0 Å². The first-order valence-corrected chi connectivity index (χ1v) is 7.35. The molecule has 0 aliphatic carbocycles. The van der Waals surface area contributed by atoms with Crippen LogP contribution in [0.2, 0.25) is 0 Å². The lowest BCUT2D eigenvalue weighted by atomic mass is 10.1. The largest absolute Gasteiger partial charge is 0.452 e. The van der Waals surface area contributed by atoms with Gasteiger partial charge in [-0.3, -0.25) is 0 Å². The number of carbonyl (C=O) groups is 1. The quantitative estimate of drug-likeness (QED) is 0.801. The number of aromatic nitrogens is 2. The summed E-state index contributed by atoms with van der Waals surface area (Å²) in [5.74, 6) is 0.638. The fraction of sp³-hybridized carbons (Fsp3) is 0.438. The van der Waals surface area contributed by atoms with E-state index in [2.05, 4.69) is 14.4 Å². The van der Waals surface area contributed by atoms with Gasteiger partial charge in [0.15, 0.2) is 6.39 Å². The molecule has 0 radical (unpaired) electrons. The Bertz CT molecular complexity index is 595. The van der Waals surface area contributed by atoms with E-state index in [1.165, 1.54) is 12.7 Å². The van der Waals surface area contributed by atoms with Crippen LogP contribution in [0.4, 0.5) is 4.79 Å². The second-order valence-corrected chi connectivity index (χ2v) is 5.92. The predicted octanol–water partition coefficient (Wildman–Crippen LogP) is 3.37. The maximum absolute atomic E-state index is 11.8. The van der Waals surface area contributed by atoms with Crippen molar-refractivity contribution in [2.24, 2.45) is 0 Å². The number of hydrogen-bond acceptors (Lipinski definition) is 6. The minimum absolute atomic E-state index is 0.273. The molecule has 0 N–H and O–H groups in total. The lowest BCUT2D eigenvalue weighted by Crippen LogP contribution is -2.39. The highest BCUT2D eigenvalue weighted by molar-refractivity contribution is 5.71. The highest BCUT2D eigenvalue weighted by Crippen LogP contribution is 2.21. The summed E-state index contributed by atoms with van der Waals surface area (Å²) in [7, 11) is 0. The molecule has 7 nitrogen and oxygen atoms in total. The van der Waals surface area contributed by atoms with E-state index in [-0.39, 0.29) is 6.09 Å². The summed E-state index contributed by atoms with van der Waals surface area (Å²) in [4.78, 5) is 21.2. The van der Waals surface area contributed by atoms with Gasteiger partial charge < -0.3 is 18.5 Å². The molecule has 3 rings (SSSR count). The van der Waals surface area contributed by atoms with Crippen LogP contribution < -0.4 is 0 Å². The van der Waals surface area contributed by atoms with E-state index in [9.17, 15) is 4.79 Å². The number of oxazole rings is 2. The van der Waals surface area contributed by atoms with Crippen molar-refractivity contribution in [3.8, 4) is 0 Å². The smallest absolute Gasteiger partial charge is 0.410 e. The first kappa shape index (κ1) is 16.8. The van der Waals surface area contributed by atoms with Gasteiger partial charge >= 0.3 is 6.09 Å². The van der Waals surface area contributed by atoms with Crippen molar-refractivity contribution >= 4 is 11.7 Å². The van der Waals surface area contributed by atoms with Crippen LogP contribution in [0.25, 0.3) is 5.57 Å². The normalized spacial score (nSPS) is 14.6. The van der Waals surface area contributed by atoms with Crippen molar-refractivity contribution in [1.29, 1.82) is 0 Å². The van der Waals surface area contributed by atoms with Gasteiger partial charge in [-0.1, -0.05) is 6.08 Å². The van der Waals surface area contributed by atoms with E-state index in [1.54, 1.807) is 23.6 Å². The fourth-order valence-electron chi connectivity index (χ4n) is 1.91. The van der Waals surface area contributed by atoms with Gasteiger partial charge in [0.05, 0.1) is 12.4 Å². The summed E-state index contributed by atoms with van der Waals surface area (Å²) >= 11 is 0. The summed E-state index contributed by atoms with van der Waals surface area (Å²) in [6.07, 6.45) is 10.1. The third-order valence-corrected chi connectivity index (χ3v) is 2.92. The lowest BCUT2D eigenvalue weighted by Gasteiger charge is -2.29. The van der Waals surface area contributed by atoms with Crippen LogP contribution in [-0.4, -0.2) is 39.7 Å². The molecule has 1 aliphatic heterocycles. The van der Waals surface area contributed by atoms with Gasteiger partial charge in [-0.05, 0) is 27.2 Å². The molecule has 0 unspecified atom stereocenters. The van der Waals surface area contributed by atoms with Gasteiger partial charge in [0.1, 0.15) is 18.1 Å². The number of hydrogen-bond donors (Lipinski definition) is 0. The molecule has 124 valence electrons. The van der Waals surface area contributed by atoms with E-state index < -0.39 is 5.60 Å². The van der Waals surface area contributed by atoms with Crippen LogP contribution in [-0.2, 0) is 4.74 Å². The number of nitrogens with zero attached hydrogens (tertiary/aromatic N) is 3. The van der Waals surface area contributed by atoms with Gasteiger partial charge in [-0.15, -0.1) is 0 Å². The van der Waals surface area contributed by atoms with E-state index in [1.807, 2.05) is 26.8 Å². The molecule has 2 aromatic heterocycles. The summed E-state index contributed by atoms with van der Waals surface area (Å²) < 4.78 is 15.0. The number of rotatable bonds is 1. The van der Waals surface area contributed by atoms with Crippen LogP contribution in [0.1, 0.15) is 33.1 Å². The Morgan fingerprint density at radius 3 is 2.57 bits per heavy atom. The second kappa shape index (κ2) is 7.62. The molecule has 1 amide bonds. The molecule has 0 aromatic carbocycles. The van der Waals surface area contributed by atoms with Crippen LogP contribution in [0.15, 0.2) is 46.2 Å². The zero-order chi connectivity index (χ0) is 16.7. The van der Waals surface area contributed by atoms with Gasteiger partial charge in [-0.2, -0.15) is 0 Å². The van der Waals surface area contributed by atoms with E-state index in [0.29, 0.717) is 19.0 Å². The van der Waals surface area contributed by atoms with Gasteiger partial charge in [0.2, 0.25) is 5.89 Å². The Kier molecular flexibility index (Phi) is 5.56. The zero-order valence-corrected chi connectivity index (χ0v) is 13.6. The van der Waals surface area contributed by atoms with E-state index in [4.69, 9.17) is 9.15 Å². The molecule has 0 spiro atoms. The second-order valence-electron chi connectivity index (χ2n) is 5.92. The Hall–Kier alpha value is -2.57. The third kappa shape index (κ3) is 5.61. The monoisotopic (exact) mass is 319 g/mol. The average Bonchev–Trinajstić information content (AvgIpc) is 3.22. The minimum Gasteiger partial charge on any atom is -0.452 e. The molecular formula is C16H21N3O4. The van der Waals surface area contributed by atoms with Crippen LogP contribution in [0, 0.1) is 0 Å². The molecule has 3 heterocycles. The number of amides is 1. The molecule has 23 heavy (non-hydrogen) atoms. The fourth-order valence-corrected chi connectivity index (χ4v) is 1.91. The highest BCUT2D eigenvalue weighted by Gasteiger charge is 2.24. The maximum atomic E-state index is 11.8. The van der Waals surface area contributed by atoms with Crippen molar-refractivity contribution in [2.75, 3.05) is 13.1 Å². The van der Waals surface area contributed by atoms with Crippen molar-refractivity contribution in [1.82, 2.24) is 14.9 Å². The topological polar surface area (TPSA) is 81.6 Å². The van der Waals surface area contributed by atoms with Crippen molar-refractivity contribution in [3.63, 3.8) is 0 Å². The molecule has 7 heteroatoms. The molecule has 1 aliphatic rings. The first-order chi connectivity index (χ1) is 11.0. The van der Waals surface area contributed by atoms with Crippen LogP contribution >= 0.6 is 0 Å². The molecular weight excluding hydrogens is 298 g/mol. The Morgan fingerprint density at radius 2 is 2.13 bits per heavy atom. The Labute approximate surface area is 135 Å². The molecule has 0 fully saturated rings. The maximum Gasteiger partial charge on any atom is 0.410 e. The first-order valence-electron chi connectivity index (χ1n) is 7.35. The Balaban J connectivity index is 0.000000326. The number of ether oxygens (including phenoxy) is 1. The van der Waals surface area contributed by atoms with E-state index in [0.717, 1.165) is 12.0 Å². The van der Waals surface area contributed by atoms with Crippen molar-refractivity contribution in [2.45, 2.75) is 32.8 Å². The summed E-state index contributed by atoms with van der Waals surface area (Å²) in [5, 5.41) is 0. The van der Waals surface area contributed by atoms with Gasteiger partial charge in [0, 0.05) is 18.7 Å². The van der Waals surface area contributed by atoms with Gasteiger partial charge in [-0.25, -0.2) is 14.8 Å². The summed E-state index contributed by atoms with van der Waals surface area (Å²) in [5.41, 5.74) is 0.587. The zero-order valence-electron chi connectivity index (χ0n) is 13.6. The summed E-state index contributed by atoms with van der Waals surface area (Å²) in [6.45, 7) is 6.75. The van der Waals surface area contributed by atoms with Crippen LogP contribution in [0.3, 0.4) is 0 Å². The van der Waals surface area contributed by atoms with Crippen LogP contribution in [0.5, 0.6) is 0 Å². The van der Waals surface area contributed by atoms with Gasteiger partial charge in [0.25, 0.3) is 0 Å². The Morgan fingerprint density at radius 1 is 1.30 bits per heavy atom. The minimum atomic E-state index is -0.455. The molecule has 0 saturated heterocycles. The molecule has 2 aromatic rings. The van der Waals surface area contributed by atoms with Crippen molar-refractivity contribution in [3.05, 3.63) is 43.3 Å². The van der Waals surface area contributed by atoms with Crippen molar-refractivity contribution < 1.29 is 18.4 Å². The highest BCUT2D eigenvalue weighted by atomic mass is 16.6.